The number of carbonyl (C=O) groups excluding carboxylic acids is 1. The molecule has 2 aromatic rings. The van der Waals surface area contributed by atoms with E-state index in [1.165, 1.54) is 5.56 Å². The highest BCUT2D eigenvalue weighted by Crippen LogP contribution is 2.15. The molecule has 1 amide bonds. The molecule has 0 unspecified atom stereocenters. The summed E-state index contributed by atoms with van der Waals surface area (Å²) in [6.45, 7) is 2.31. The van der Waals surface area contributed by atoms with E-state index in [4.69, 9.17) is 10.5 Å². The van der Waals surface area contributed by atoms with Crippen LogP contribution in [-0.2, 0) is 11.2 Å². The smallest absolute Gasteiger partial charge is 0.260 e. The Kier molecular flexibility index (Phi) is 5.21. The van der Waals surface area contributed by atoms with Gasteiger partial charge in [0.2, 0.25) is 0 Å². The second-order valence-electron chi connectivity index (χ2n) is 4.86. The first-order valence-corrected chi connectivity index (χ1v) is 6.99. The summed E-state index contributed by atoms with van der Waals surface area (Å²) in [7, 11) is 0. The van der Waals surface area contributed by atoms with E-state index in [0.29, 0.717) is 18.0 Å². The van der Waals surface area contributed by atoms with Gasteiger partial charge in [-0.1, -0.05) is 36.4 Å². The number of hydrogen-bond acceptors (Lipinski definition) is 3. The van der Waals surface area contributed by atoms with Crippen LogP contribution in [0.15, 0.2) is 54.6 Å². The molecule has 0 aromatic heterocycles. The first kappa shape index (κ1) is 14.9. The van der Waals surface area contributed by atoms with E-state index in [2.05, 4.69) is 5.32 Å². The van der Waals surface area contributed by atoms with E-state index in [1.54, 1.807) is 31.2 Å². The molecule has 0 aliphatic rings. The lowest BCUT2D eigenvalue weighted by Crippen LogP contribution is -2.37. The van der Waals surface area contributed by atoms with Crippen LogP contribution in [0.5, 0.6) is 5.75 Å². The fraction of sp³-hybridized carbons (Fsp3) is 0.235. The minimum atomic E-state index is -0.553. The number of nitrogen functional groups attached to an aromatic ring is 1. The number of benzene rings is 2. The van der Waals surface area contributed by atoms with Crippen molar-refractivity contribution in [2.75, 3.05) is 12.3 Å². The molecule has 4 heteroatoms. The molecule has 0 bridgehead atoms. The Hall–Kier alpha value is -2.49. The van der Waals surface area contributed by atoms with Gasteiger partial charge in [-0.2, -0.15) is 0 Å². The van der Waals surface area contributed by atoms with E-state index >= 15 is 0 Å². The van der Waals surface area contributed by atoms with Crippen molar-refractivity contribution in [2.45, 2.75) is 19.4 Å². The van der Waals surface area contributed by atoms with Crippen LogP contribution in [0.4, 0.5) is 5.69 Å². The van der Waals surface area contributed by atoms with Crippen molar-refractivity contribution in [3.63, 3.8) is 0 Å². The number of carbonyl (C=O) groups is 1. The van der Waals surface area contributed by atoms with Gasteiger partial charge in [-0.15, -0.1) is 0 Å². The summed E-state index contributed by atoms with van der Waals surface area (Å²) in [4.78, 5) is 12.0. The van der Waals surface area contributed by atoms with Crippen molar-refractivity contribution >= 4 is 11.6 Å². The van der Waals surface area contributed by atoms with E-state index in [-0.39, 0.29) is 5.91 Å². The van der Waals surface area contributed by atoms with Crippen LogP contribution in [0.25, 0.3) is 0 Å². The van der Waals surface area contributed by atoms with Crippen LogP contribution < -0.4 is 15.8 Å². The Morgan fingerprint density at radius 1 is 1.19 bits per heavy atom. The van der Waals surface area contributed by atoms with E-state index in [0.717, 1.165) is 6.42 Å². The predicted octanol–water partition coefficient (Wildman–Crippen LogP) is 2.40. The summed E-state index contributed by atoms with van der Waals surface area (Å²) in [6.07, 6.45) is 0.250. The Labute approximate surface area is 124 Å². The maximum absolute atomic E-state index is 12.0. The summed E-state index contributed by atoms with van der Waals surface area (Å²) in [5.41, 5.74) is 7.49. The standard InChI is InChI=1S/C17H20N2O2/c1-13(21-16-9-5-8-15(18)12-16)17(20)19-11-10-14-6-3-2-4-7-14/h2-9,12-13H,10-11,18H2,1H3,(H,19,20)/t13-/m1/s1. The average Bonchev–Trinajstić information content (AvgIpc) is 2.48. The molecule has 2 rings (SSSR count). The number of nitrogens with two attached hydrogens (primary N) is 1. The van der Waals surface area contributed by atoms with Gasteiger partial charge in [0.05, 0.1) is 0 Å². The van der Waals surface area contributed by atoms with Crippen LogP contribution in [-0.4, -0.2) is 18.6 Å². The van der Waals surface area contributed by atoms with Gasteiger partial charge in [0.25, 0.3) is 5.91 Å². The van der Waals surface area contributed by atoms with E-state index in [1.807, 2.05) is 30.3 Å². The Balaban J connectivity index is 1.77. The number of nitrogens with one attached hydrogen (secondary N) is 1. The van der Waals surface area contributed by atoms with E-state index in [9.17, 15) is 4.79 Å². The van der Waals surface area contributed by atoms with Crippen molar-refractivity contribution in [1.82, 2.24) is 5.32 Å². The zero-order valence-electron chi connectivity index (χ0n) is 12.1. The van der Waals surface area contributed by atoms with Crippen molar-refractivity contribution in [1.29, 1.82) is 0 Å². The Bertz CT molecular complexity index is 584. The highest BCUT2D eigenvalue weighted by molar-refractivity contribution is 5.80. The quantitative estimate of drug-likeness (QED) is 0.801. The minimum absolute atomic E-state index is 0.131. The normalized spacial score (nSPS) is 11.7. The summed E-state index contributed by atoms with van der Waals surface area (Å²) >= 11 is 0. The van der Waals surface area contributed by atoms with Gasteiger partial charge in [0, 0.05) is 18.3 Å². The summed E-state index contributed by atoms with van der Waals surface area (Å²) in [6, 6.07) is 17.1. The fourth-order valence-electron chi connectivity index (χ4n) is 1.96. The molecule has 0 radical (unpaired) electrons. The summed E-state index contributed by atoms with van der Waals surface area (Å²) < 4.78 is 5.57. The minimum Gasteiger partial charge on any atom is -0.481 e. The lowest BCUT2D eigenvalue weighted by molar-refractivity contribution is -0.127. The Morgan fingerprint density at radius 2 is 1.95 bits per heavy atom. The van der Waals surface area contributed by atoms with Gasteiger partial charge < -0.3 is 15.8 Å². The van der Waals surface area contributed by atoms with Crippen LogP contribution in [0, 0.1) is 0 Å². The lowest BCUT2D eigenvalue weighted by atomic mass is 10.1. The summed E-state index contributed by atoms with van der Waals surface area (Å²) in [5, 5.41) is 2.87. The molecular formula is C17H20N2O2. The molecule has 0 aliphatic heterocycles. The van der Waals surface area contributed by atoms with E-state index < -0.39 is 6.10 Å². The summed E-state index contributed by atoms with van der Waals surface area (Å²) in [5.74, 6) is 0.467. The third-order valence-electron chi connectivity index (χ3n) is 3.10. The second-order valence-corrected chi connectivity index (χ2v) is 4.86. The molecule has 0 spiro atoms. The van der Waals surface area contributed by atoms with Gasteiger partial charge in [-0.05, 0) is 31.0 Å². The van der Waals surface area contributed by atoms with Crippen molar-refractivity contribution < 1.29 is 9.53 Å². The molecule has 4 nitrogen and oxygen atoms in total. The first-order chi connectivity index (χ1) is 10.1. The van der Waals surface area contributed by atoms with Crippen molar-refractivity contribution in [3.8, 4) is 5.75 Å². The number of rotatable bonds is 6. The van der Waals surface area contributed by atoms with Gasteiger partial charge in [-0.25, -0.2) is 0 Å². The molecule has 21 heavy (non-hydrogen) atoms. The van der Waals surface area contributed by atoms with Crippen molar-refractivity contribution in [2.24, 2.45) is 0 Å². The third kappa shape index (κ3) is 4.84. The van der Waals surface area contributed by atoms with Crippen LogP contribution >= 0.6 is 0 Å². The molecule has 0 aliphatic carbocycles. The number of hydrogen-bond donors (Lipinski definition) is 2. The maximum Gasteiger partial charge on any atom is 0.260 e. The van der Waals surface area contributed by atoms with Gasteiger partial charge in [0.1, 0.15) is 5.75 Å². The molecule has 0 fully saturated rings. The molecule has 2 aromatic carbocycles. The largest absolute Gasteiger partial charge is 0.481 e. The molecule has 110 valence electrons. The molecule has 0 saturated heterocycles. The fourth-order valence-corrected chi connectivity index (χ4v) is 1.96. The number of anilines is 1. The first-order valence-electron chi connectivity index (χ1n) is 6.99. The molecule has 0 heterocycles. The van der Waals surface area contributed by atoms with Crippen molar-refractivity contribution in [3.05, 3.63) is 60.2 Å². The van der Waals surface area contributed by atoms with Gasteiger partial charge >= 0.3 is 0 Å². The number of ether oxygens (including phenoxy) is 1. The zero-order chi connectivity index (χ0) is 15.1. The molecule has 3 N–H and O–H groups in total. The lowest BCUT2D eigenvalue weighted by Gasteiger charge is -2.15. The Morgan fingerprint density at radius 3 is 2.67 bits per heavy atom. The highest BCUT2D eigenvalue weighted by Gasteiger charge is 2.13. The zero-order valence-corrected chi connectivity index (χ0v) is 12.1. The van der Waals surface area contributed by atoms with Crippen LogP contribution in [0.2, 0.25) is 0 Å². The second kappa shape index (κ2) is 7.33. The number of amides is 1. The molecule has 1 atom stereocenters. The maximum atomic E-state index is 12.0. The molecule has 0 saturated carbocycles. The topological polar surface area (TPSA) is 64.3 Å². The average molecular weight is 284 g/mol. The van der Waals surface area contributed by atoms with Gasteiger partial charge in [0.15, 0.2) is 6.10 Å². The predicted molar refractivity (Wildman–Crippen MR) is 84.1 cm³/mol. The third-order valence-corrected chi connectivity index (χ3v) is 3.10. The van der Waals surface area contributed by atoms with Gasteiger partial charge in [-0.3, -0.25) is 4.79 Å². The monoisotopic (exact) mass is 284 g/mol. The van der Waals surface area contributed by atoms with Crippen LogP contribution in [0.3, 0.4) is 0 Å². The SMILES string of the molecule is C[C@@H](Oc1cccc(N)c1)C(=O)NCCc1ccccc1. The highest BCUT2D eigenvalue weighted by atomic mass is 16.5. The van der Waals surface area contributed by atoms with Crippen LogP contribution in [0.1, 0.15) is 12.5 Å². The molecular weight excluding hydrogens is 264 g/mol.